The topological polar surface area (TPSA) is 20.3 Å². The minimum atomic E-state index is 0.111. The van der Waals surface area contributed by atoms with Gasteiger partial charge in [0, 0.05) is 18.7 Å². The lowest BCUT2D eigenvalue weighted by molar-refractivity contribution is -0.121. The number of carbonyl (C=O) groups is 1. The van der Waals surface area contributed by atoms with E-state index in [1.54, 1.807) is 4.90 Å². The molecule has 15 heavy (non-hydrogen) atoms. The summed E-state index contributed by atoms with van der Waals surface area (Å²) in [6.45, 7) is 4.09. The average Bonchev–Trinajstić information content (AvgIpc) is 2.28. The van der Waals surface area contributed by atoms with Crippen molar-refractivity contribution in [2.45, 2.75) is 26.7 Å². The van der Waals surface area contributed by atoms with Crippen LogP contribution in [0.15, 0.2) is 30.3 Å². The Morgan fingerprint density at radius 1 is 1.33 bits per heavy atom. The van der Waals surface area contributed by atoms with E-state index in [0.29, 0.717) is 0 Å². The quantitative estimate of drug-likeness (QED) is 0.739. The van der Waals surface area contributed by atoms with E-state index in [0.717, 1.165) is 18.5 Å². The van der Waals surface area contributed by atoms with Crippen molar-refractivity contribution in [1.82, 2.24) is 0 Å². The molecule has 1 atom stereocenters. The van der Waals surface area contributed by atoms with Gasteiger partial charge < -0.3 is 4.90 Å². The van der Waals surface area contributed by atoms with Crippen LogP contribution >= 0.6 is 0 Å². The molecule has 2 heteroatoms. The summed E-state index contributed by atoms with van der Waals surface area (Å²) in [7, 11) is 1.84. The van der Waals surface area contributed by atoms with Gasteiger partial charge in [0.1, 0.15) is 0 Å². The molecule has 2 nitrogen and oxygen atoms in total. The maximum absolute atomic E-state index is 12.0. The third-order valence-corrected chi connectivity index (χ3v) is 2.62. The molecular formula is C13H19NO. The molecule has 1 rings (SSSR count). The summed E-state index contributed by atoms with van der Waals surface area (Å²) in [6, 6.07) is 9.76. The van der Waals surface area contributed by atoms with Gasteiger partial charge in [-0.3, -0.25) is 4.79 Å². The second-order valence-corrected chi connectivity index (χ2v) is 3.92. The van der Waals surface area contributed by atoms with Crippen molar-refractivity contribution >= 4 is 11.6 Å². The standard InChI is InChI=1S/C13H19NO/c1-4-8-11(2)13(15)14(3)12-9-6-5-7-10-12/h5-7,9-11H,4,8H2,1-3H3/t11-/m1/s1. The molecule has 0 aliphatic heterocycles. The normalized spacial score (nSPS) is 12.2. The first-order chi connectivity index (χ1) is 7.16. The Hall–Kier alpha value is -1.31. The van der Waals surface area contributed by atoms with E-state index in [1.807, 2.05) is 44.3 Å². The van der Waals surface area contributed by atoms with Crippen molar-refractivity contribution in [2.24, 2.45) is 5.92 Å². The molecule has 1 aromatic carbocycles. The van der Waals surface area contributed by atoms with Gasteiger partial charge in [-0.1, -0.05) is 38.5 Å². The summed E-state index contributed by atoms with van der Waals surface area (Å²) in [6.07, 6.45) is 2.01. The zero-order valence-corrected chi connectivity index (χ0v) is 9.73. The Bertz CT molecular complexity index is 308. The molecule has 0 radical (unpaired) electrons. The van der Waals surface area contributed by atoms with Crippen LogP contribution in [0.1, 0.15) is 26.7 Å². The van der Waals surface area contributed by atoms with E-state index in [-0.39, 0.29) is 11.8 Å². The van der Waals surface area contributed by atoms with Gasteiger partial charge in [0.25, 0.3) is 0 Å². The van der Waals surface area contributed by atoms with Gasteiger partial charge in [-0.2, -0.15) is 0 Å². The van der Waals surface area contributed by atoms with Gasteiger partial charge in [0.15, 0.2) is 0 Å². The van der Waals surface area contributed by atoms with Crippen LogP contribution in [0.3, 0.4) is 0 Å². The van der Waals surface area contributed by atoms with Crippen molar-refractivity contribution in [3.63, 3.8) is 0 Å². The highest BCUT2D eigenvalue weighted by molar-refractivity contribution is 5.94. The van der Waals surface area contributed by atoms with Crippen molar-refractivity contribution < 1.29 is 4.79 Å². The average molecular weight is 205 g/mol. The molecule has 0 aliphatic carbocycles. The Kier molecular flexibility index (Phi) is 4.35. The van der Waals surface area contributed by atoms with Gasteiger partial charge in [0.2, 0.25) is 5.91 Å². The SMILES string of the molecule is CCC[C@@H](C)C(=O)N(C)c1ccccc1. The minimum absolute atomic E-state index is 0.111. The van der Waals surface area contributed by atoms with Gasteiger partial charge in [-0.25, -0.2) is 0 Å². The monoisotopic (exact) mass is 205 g/mol. The maximum Gasteiger partial charge on any atom is 0.229 e. The first kappa shape index (κ1) is 11.8. The Labute approximate surface area is 91.9 Å². The van der Waals surface area contributed by atoms with Crippen LogP contribution in [0, 0.1) is 5.92 Å². The largest absolute Gasteiger partial charge is 0.315 e. The smallest absolute Gasteiger partial charge is 0.229 e. The fraction of sp³-hybridized carbons (Fsp3) is 0.462. The summed E-state index contributed by atoms with van der Waals surface area (Å²) in [5.41, 5.74) is 0.963. The van der Waals surface area contributed by atoms with Crippen molar-refractivity contribution in [3.05, 3.63) is 30.3 Å². The molecule has 82 valence electrons. The highest BCUT2D eigenvalue weighted by Gasteiger charge is 2.17. The van der Waals surface area contributed by atoms with Crippen LogP contribution < -0.4 is 4.90 Å². The van der Waals surface area contributed by atoms with Crippen LogP contribution in [0.25, 0.3) is 0 Å². The highest BCUT2D eigenvalue weighted by Crippen LogP contribution is 2.16. The van der Waals surface area contributed by atoms with E-state index >= 15 is 0 Å². The second-order valence-electron chi connectivity index (χ2n) is 3.92. The number of benzene rings is 1. The molecule has 0 unspecified atom stereocenters. The van der Waals surface area contributed by atoms with Crippen molar-refractivity contribution in [3.8, 4) is 0 Å². The van der Waals surface area contributed by atoms with Crippen molar-refractivity contribution in [1.29, 1.82) is 0 Å². The van der Waals surface area contributed by atoms with Crippen molar-refractivity contribution in [2.75, 3.05) is 11.9 Å². The first-order valence-corrected chi connectivity index (χ1v) is 5.49. The van der Waals surface area contributed by atoms with Crippen LogP contribution in [0.5, 0.6) is 0 Å². The fourth-order valence-electron chi connectivity index (χ4n) is 1.67. The molecule has 1 amide bonds. The Morgan fingerprint density at radius 3 is 2.47 bits per heavy atom. The predicted molar refractivity (Wildman–Crippen MR) is 63.9 cm³/mol. The lowest BCUT2D eigenvalue weighted by Crippen LogP contribution is -2.31. The predicted octanol–water partition coefficient (Wildman–Crippen LogP) is 3.09. The zero-order valence-electron chi connectivity index (χ0n) is 9.73. The third kappa shape index (κ3) is 3.08. The highest BCUT2D eigenvalue weighted by atomic mass is 16.2. The molecule has 0 saturated carbocycles. The summed E-state index contributed by atoms with van der Waals surface area (Å²) < 4.78 is 0. The van der Waals surface area contributed by atoms with Gasteiger partial charge in [-0.15, -0.1) is 0 Å². The van der Waals surface area contributed by atoms with E-state index in [4.69, 9.17) is 0 Å². The van der Waals surface area contributed by atoms with Crippen LogP contribution in [-0.2, 0) is 4.79 Å². The third-order valence-electron chi connectivity index (χ3n) is 2.62. The molecule has 0 heterocycles. The van der Waals surface area contributed by atoms with Gasteiger partial charge in [-0.05, 0) is 18.6 Å². The number of para-hydroxylation sites is 1. The number of rotatable bonds is 4. The number of amides is 1. The summed E-state index contributed by atoms with van der Waals surface area (Å²) in [5, 5.41) is 0. The number of hydrogen-bond donors (Lipinski definition) is 0. The lowest BCUT2D eigenvalue weighted by atomic mass is 10.0. The van der Waals surface area contributed by atoms with E-state index in [2.05, 4.69) is 6.92 Å². The van der Waals surface area contributed by atoms with E-state index in [9.17, 15) is 4.79 Å². The minimum Gasteiger partial charge on any atom is -0.315 e. The molecular weight excluding hydrogens is 186 g/mol. The zero-order chi connectivity index (χ0) is 11.3. The van der Waals surface area contributed by atoms with Gasteiger partial charge >= 0.3 is 0 Å². The second kappa shape index (κ2) is 5.54. The van der Waals surface area contributed by atoms with Crippen LogP contribution in [0.2, 0.25) is 0 Å². The van der Waals surface area contributed by atoms with Gasteiger partial charge in [0.05, 0.1) is 0 Å². The summed E-state index contributed by atoms with van der Waals surface area (Å²) >= 11 is 0. The molecule has 0 saturated heterocycles. The lowest BCUT2D eigenvalue weighted by Gasteiger charge is -2.21. The Balaban J connectivity index is 2.69. The Morgan fingerprint density at radius 2 is 1.93 bits per heavy atom. The summed E-state index contributed by atoms with van der Waals surface area (Å²) in [4.78, 5) is 13.7. The molecule has 1 aromatic rings. The maximum atomic E-state index is 12.0. The van der Waals surface area contributed by atoms with Crippen LogP contribution in [-0.4, -0.2) is 13.0 Å². The van der Waals surface area contributed by atoms with Crippen LogP contribution in [0.4, 0.5) is 5.69 Å². The number of anilines is 1. The fourth-order valence-corrected chi connectivity index (χ4v) is 1.67. The molecule has 0 fully saturated rings. The molecule has 0 bridgehead atoms. The molecule has 0 aromatic heterocycles. The molecule has 0 aliphatic rings. The number of hydrogen-bond acceptors (Lipinski definition) is 1. The number of nitrogens with zero attached hydrogens (tertiary/aromatic N) is 1. The number of carbonyl (C=O) groups excluding carboxylic acids is 1. The summed E-state index contributed by atoms with van der Waals surface area (Å²) in [5.74, 6) is 0.309. The van der Waals surface area contributed by atoms with E-state index in [1.165, 1.54) is 0 Å². The molecule has 0 N–H and O–H groups in total. The first-order valence-electron chi connectivity index (χ1n) is 5.49. The molecule has 0 spiro atoms. The van der Waals surface area contributed by atoms with E-state index < -0.39 is 0 Å².